The largest absolute Gasteiger partial charge is 0.480 e. The number of rotatable bonds is 8. The number of nitrogens with zero attached hydrogens (tertiary/aromatic N) is 1. The van der Waals surface area contributed by atoms with E-state index in [-0.39, 0.29) is 18.9 Å². The van der Waals surface area contributed by atoms with Crippen LogP contribution in [0.5, 0.6) is 0 Å². The molecule has 8 heteroatoms. The second-order valence-corrected chi connectivity index (χ2v) is 8.67. The Labute approximate surface area is 208 Å². The van der Waals surface area contributed by atoms with Gasteiger partial charge in [-0.05, 0) is 46.9 Å². The second-order valence-electron chi connectivity index (χ2n) is 8.23. The molecular formula is C27H25ClN2O5. The van der Waals surface area contributed by atoms with Crippen LogP contribution in [0.3, 0.4) is 0 Å². The van der Waals surface area contributed by atoms with Gasteiger partial charge in [0.1, 0.15) is 19.2 Å². The van der Waals surface area contributed by atoms with E-state index in [9.17, 15) is 19.5 Å². The zero-order chi connectivity index (χ0) is 24.9. The molecule has 0 bridgehead atoms. The fourth-order valence-corrected chi connectivity index (χ4v) is 4.57. The van der Waals surface area contributed by atoms with Gasteiger partial charge in [-0.25, -0.2) is 4.79 Å². The molecule has 180 valence electrons. The molecule has 2 amide bonds. The predicted molar refractivity (Wildman–Crippen MR) is 134 cm³/mol. The number of anilines is 1. The van der Waals surface area contributed by atoms with Crippen molar-refractivity contribution in [1.82, 2.24) is 5.32 Å². The fraction of sp³-hybridized carbons (Fsp3) is 0.222. The first-order chi connectivity index (χ1) is 16.9. The number of hydrogen-bond acceptors (Lipinski definition) is 4. The summed E-state index contributed by atoms with van der Waals surface area (Å²) < 4.78 is 5.55. The number of hydrogen-bond donors (Lipinski definition) is 2. The van der Waals surface area contributed by atoms with Gasteiger partial charge in [0.2, 0.25) is 5.91 Å². The highest BCUT2D eigenvalue weighted by atomic mass is 35.5. The number of carboxylic acids is 1. The van der Waals surface area contributed by atoms with Crippen molar-refractivity contribution in [1.29, 1.82) is 0 Å². The lowest BCUT2D eigenvalue weighted by atomic mass is 9.98. The van der Waals surface area contributed by atoms with Crippen LogP contribution in [0.2, 0.25) is 5.02 Å². The van der Waals surface area contributed by atoms with Crippen LogP contribution in [0.1, 0.15) is 30.4 Å². The average Bonchev–Trinajstić information content (AvgIpc) is 3.18. The van der Waals surface area contributed by atoms with Gasteiger partial charge in [0.25, 0.3) is 0 Å². The van der Waals surface area contributed by atoms with Crippen LogP contribution >= 0.6 is 11.6 Å². The normalized spacial score (nSPS) is 12.9. The fourth-order valence-electron chi connectivity index (χ4n) is 4.38. The van der Waals surface area contributed by atoms with Crippen molar-refractivity contribution in [2.45, 2.75) is 25.3 Å². The summed E-state index contributed by atoms with van der Waals surface area (Å²) in [6.07, 6.45) is -0.492. The van der Waals surface area contributed by atoms with E-state index in [0.717, 1.165) is 27.2 Å². The van der Waals surface area contributed by atoms with Gasteiger partial charge in [0.05, 0.1) is 0 Å². The summed E-state index contributed by atoms with van der Waals surface area (Å²) in [6, 6.07) is 21.4. The SMILES string of the molecule is CC[C@@H](NC(=O)OCC1c2ccccc2-c2ccccc21)C(=O)N(CC(=O)O)c1cccc(Cl)c1. The Morgan fingerprint density at radius 2 is 1.63 bits per heavy atom. The summed E-state index contributed by atoms with van der Waals surface area (Å²) in [5.41, 5.74) is 4.73. The molecule has 0 heterocycles. The van der Waals surface area contributed by atoms with Gasteiger partial charge in [-0.1, -0.05) is 73.1 Å². The summed E-state index contributed by atoms with van der Waals surface area (Å²) in [4.78, 5) is 38.4. The standard InChI is InChI=1S/C27H25ClN2O5/c1-2-24(26(33)30(15-25(31)32)18-9-7-8-17(28)14-18)29-27(34)35-16-23-21-12-5-3-10-19(21)20-11-4-6-13-22(20)23/h3-14,23-24H,2,15-16H2,1H3,(H,29,34)(H,31,32)/t24-/m1/s1. The molecule has 1 aliphatic rings. The van der Waals surface area contributed by atoms with Crippen LogP contribution in [0.4, 0.5) is 10.5 Å². The number of carboxylic acid groups (broad SMARTS) is 1. The van der Waals surface area contributed by atoms with E-state index in [1.165, 1.54) is 6.07 Å². The van der Waals surface area contributed by atoms with Crippen LogP contribution in [0, 0.1) is 0 Å². The van der Waals surface area contributed by atoms with Crippen molar-refractivity contribution in [2.24, 2.45) is 0 Å². The molecule has 3 aromatic rings. The van der Waals surface area contributed by atoms with Gasteiger partial charge in [0, 0.05) is 16.6 Å². The van der Waals surface area contributed by atoms with Crippen LogP contribution < -0.4 is 10.2 Å². The Balaban J connectivity index is 1.46. The van der Waals surface area contributed by atoms with E-state index in [1.54, 1.807) is 25.1 Å². The molecule has 0 spiro atoms. The summed E-state index contributed by atoms with van der Waals surface area (Å²) in [5, 5.41) is 12.3. The first kappa shape index (κ1) is 24.3. The maximum absolute atomic E-state index is 13.2. The van der Waals surface area contributed by atoms with Gasteiger partial charge in [-0.15, -0.1) is 0 Å². The zero-order valence-electron chi connectivity index (χ0n) is 19.1. The molecule has 0 aliphatic heterocycles. The maximum Gasteiger partial charge on any atom is 0.407 e. The van der Waals surface area contributed by atoms with Crippen LogP contribution in [0.15, 0.2) is 72.8 Å². The molecule has 0 aromatic heterocycles. The quantitative estimate of drug-likeness (QED) is 0.457. The third-order valence-corrected chi connectivity index (χ3v) is 6.26. The van der Waals surface area contributed by atoms with Gasteiger partial charge in [-0.2, -0.15) is 0 Å². The minimum atomic E-state index is -1.19. The first-order valence-electron chi connectivity index (χ1n) is 11.3. The number of carbonyl (C=O) groups is 3. The monoisotopic (exact) mass is 492 g/mol. The van der Waals surface area contributed by atoms with Gasteiger partial charge in [-0.3, -0.25) is 14.5 Å². The Morgan fingerprint density at radius 1 is 1.00 bits per heavy atom. The van der Waals surface area contributed by atoms with E-state index >= 15 is 0 Å². The van der Waals surface area contributed by atoms with E-state index in [1.807, 2.05) is 48.5 Å². The van der Waals surface area contributed by atoms with Gasteiger partial charge in [0.15, 0.2) is 0 Å². The van der Waals surface area contributed by atoms with E-state index in [4.69, 9.17) is 16.3 Å². The molecule has 0 unspecified atom stereocenters. The van der Waals surface area contributed by atoms with Crippen LogP contribution in [-0.4, -0.2) is 42.3 Å². The molecule has 0 saturated carbocycles. The van der Waals surface area contributed by atoms with Crippen molar-refractivity contribution >= 4 is 35.3 Å². The first-order valence-corrected chi connectivity index (χ1v) is 11.7. The Hall–Kier alpha value is -3.84. The molecular weight excluding hydrogens is 468 g/mol. The topological polar surface area (TPSA) is 95.9 Å². The Morgan fingerprint density at radius 3 is 2.20 bits per heavy atom. The van der Waals surface area contributed by atoms with Crippen molar-refractivity contribution < 1.29 is 24.2 Å². The number of aliphatic carboxylic acids is 1. The molecule has 35 heavy (non-hydrogen) atoms. The lowest BCUT2D eigenvalue weighted by Gasteiger charge is -2.26. The molecule has 4 rings (SSSR count). The van der Waals surface area contributed by atoms with Gasteiger partial charge < -0.3 is 15.2 Å². The zero-order valence-corrected chi connectivity index (χ0v) is 19.9. The average molecular weight is 493 g/mol. The third-order valence-electron chi connectivity index (χ3n) is 6.02. The lowest BCUT2D eigenvalue weighted by molar-refractivity contribution is -0.136. The maximum atomic E-state index is 13.2. The van der Waals surface area contributed by atoms with Crippen molar-refractivity contribution in [3.05, 3.63) is 88.9 Å². The molecule has 0 fully saturated rings. The van der Waals surface area contributed by atoms with Gasteiger partial charge >= 0.3 is 12.1 Å². The predicted octanol–water partition coefficient (Wildman–Crippen LogP) is 5.07. The van der Waals surface area contributed by atoms with E-state index in [2.05, 4.69) is 5.32 Å². The highest BCUT2D eigenvalue weighted by Gasteiger charge is 2.31. The lowest BCUT2D eigenvalue weighted by Crippen LogP contribution is -2.50. The van der Waals surface area contributed by atoms with E-state index in [0.29, 0.717) is 10.7 Å². The number of carbonyl (C=O) groups excluding carboxylic acids is 2. The molecule has 7 nitrogen and oxygen atoms in total. The van der Waals surface area contributed by atoms with E-state index < -0.39 is 30.6 Å². The van der Waals surface area contributed by atoms with Crippen molar-refractivity contribution in [2.75, 3.05) is 18.1 Å². The molecule has 2 N–H and O–H groups in total. The number of halogens is 1. The van der Waals surface area contributed by atoms with Crippen LogP contribution in [-0.2, 0) is 14.3 Å². The number of amides is 2. The number of fused-ring (bicyclic) bond motifs is 3. The van der Waals surface area contributed by atoms with Crippen molar-refractivity contribution in [3.8, 4) is 11.1 Å². The molecule has 1 aliphatic carbocycles. The minimum absolute atomic E-state index is 0.109. The smallest absolute Gasteiger partial charge is 0.407 e. The highest BCUT2D eigenvalue weighted by Crippen LogP contribution is 2.44. The van der Waals surface area contributed by atoms with Crippen LogP contribution in [0.25, 0.3) is 11.1 Å². The molecule has 3 aromatic carbocycles. The highest BCUT2D eigenvalue weighted by molar-refractivity contribution is 6.31. The summed E-state index contributed by atoms with van der Waals surface area (Å²) in [6.45, 7) is 1.27. The molecule has 1 atom stereocenters. The molecule has 0 radical (unpaired) electrons. The second kappa shape index (κ2) is 10.6. The molecule has 0 saturated heterocycles. The number of alkyl carbamates (subject to hydrolysis) is 1. The summed E-state index contributed by atoms with van der Waals surface area (Å²) in [7, 11) is 0. The van der Waals surface area contributed by atoms with Crippen molar-refractivity contribution in [3.63, 3.8) is 0 Å². The Kier molecular flexibility index (Phi) is 7.36. The summed E-state index contributed by atoms with van der Waals surface area (Å²) in [5.74, 6) is -1.86. The number of ether oxygens (including phenoxy) is 1. The third kappa shape index (κ3) is 5.30. The number of benzene rings is 3. The Bertz CT molecular complexity index is 1220. The number of nitrogens with one attached hydrogen (secondary N) is 1. The minimum Gasteiger partial charge on any atom is -0.480 e. The summed E-state index contributed by atoms with van der Waals surface area (Å²) >= 11 is 6.03.